The molecule has 0 bridgehead atoms. The molecule has 0 saturated carbocycles. The van der Waals surface area contributed by atoms with E-state index in [0.717, 1.165) is 4.74 Å². The molecule has 1 nitrogen and oxygen atoms in total. The fourth-order valence-electron chi connectivity index (χ4n) is 1.88. The van der Waals surface area contributed by atoms with E-state index < -0.39 is 65.8 Å². The first-order valence-corrected chi connectivity index (χ1v) is 6.82. The molecule has 0 heterocycles. The summed E-state index contributed by atoms with van der Waals surface area (Å²) in [5.74, 6) is -41.5. The summed E-state index contributed by atoms with van der Waals surface area (Å²) in [4.78, 5) is 0. The minimum absolute atomic E-state index is 1.09. The summed E-state index contributed by atoms with van der Waals surface area (Å²) in [6, 6.07) is 0. The Morgan fingerprint density at radius 1 is 0.382 bits per heavy atom. The molecule has 0 aromatic rings. The molecule has 0 spiro atoms. The van der Waals surface area contributed by atoms with Crippen molar-refractivity contribution in [1.29, 1.82) is 0 Å². The highest BCUT2D eigenvalue weighted by atomic mass is 19.4. The monoisotopic (exact) mass is 566 g/mol. The summed E-state index contributed by atoms with van der Waals surface area (Å²) in [7, 11) is 0. The summed E-state index contributed by atoms with van der Waals surface area (Å²) in [6.07, 6.45) is -38.2. The topological polar surface area (TPSA) is 9.23 Å². The minimum Gasteiger partial charge on any atom is -0.286 e. The smallest absolute Gasteiger partial charge is 0.286 e. The molecule has 23 heteroatoms. The van der Waals surface area contributed by atoms with Gasteiger partial charge in [-0.15, -0.1) is 0 Å². The minimum atomic E-state index is -9.48. The SMILES string of the molecule is FC(F)=C(F)C(F)(F)OC(C(F)(F)F)(C(F)(F)C(F)(F)F)C(F)(F)C(F)(F)C(F)(F)C(F)(F)F. The Balaban J connectivity index is 8.00. The summed E-state index contributed by atoms with van der Waals surface area (Å²) >= 11 is 0. The van der Waals surface area contributed by atoms with Gasteiger partial charge in [-0.05, 0) is 0 Å². The maximum absolute atomic E-state index is 13.8. The zero-order valence-corrected chi connectivity index (χ0v) is 14.2. The number of hydrogen-bond donors (Lipinski definition) is 0. The van der Waals surface area contributed by atoms with Gasteiger partial charge in [-0.1, -0.05) is 0 Å². The number of ether oxygens (including phenoxy) is 1. The van der Waals surface area contributed by atoms with Gasteiger partial charge in [-0.3, -0.25) is 4.74 Å². The van der Waals surface area contributed by atoms with E-state index in [1.807, 2.05) is 0 Å². The highest BCUT2D eigenvalue weighted by molar-refractivity contribution is 5.21. The molecule has 0 aliphatic rings. The van der Waals surface area contributed by atoms with Gasteiger partial charge in [-0.2, -0.15) is 96.6 Å². The van der Waals surface area contributed by atoms with Gasteiger partial charge >= 0.3 is 60.0 Å². The van der Waals surface area contributed by atoms with Crippen LogP contribution in [-0.2, 0) is 4.74 Å². The predicted molar refractivity (Wildman–Crippen MR) is 57.1 cm³/mol. The zero-order valence-electron chi connectivity index (χ0n) is 14.2. The quantitative estimate of drug-likeness (QED) is 0.288. The fourth-order valence-corrected chi connectivity index (χ4v) is 1.88. The van der Waals surface area contributed by atoms with Crippen molar-refractivity contribution in [1.82, 2.24) is 0 Å². The maximum Gasteiger partial charge on any atom is 0.460 e. The van der Waals surface area contributed by atoms with Crippen LogP contribution in [0.4, 0.5) is 96.6 Å². The molecule has 1 unspecified atom stereocenters. The Hall–Kier alpha value is -1.84. The molecule has 0 aliphatic carbocycles. The van der Waals surface area contributed by atoms with Gasteiger partial charge in [0.1, 0.15) is 0 Å². The molecular formula is C11F22O. The van der Waals surface area contributed by atoms with E-state index in [0.29, 0.717) is 0 Å². The summed E-state index contributed by atoms with van der Waals surface area (Å²) in [5.41, 5.74) is -9.31. The Morgan fingerprint density at radius 3 is 0.941 bits per heavy atom. The van der Waals surface area contributed by atoms with Crippen molar-refractivity contribution in [3.05, 3.63) is 11.9 Å². The second-order valence-electron chi connectivity index (χ2n) is 5.67. The van der Waals surface area contributed by atoms with E-state index in [1.165, 1.54) is 0 Å². The van der Waals surface area contributed by atoms with Crippen LogP contribution in [-0.4, -0.2) is 53.9 Å². The van der Waals surface area contributed by atoms with E-state index in [9.17, 15) is 96.6 Å². The lowest BCUT2D eigenvalue weighted by Crippen LogP contribution is -2.81. The highest BCUT2D eigenvalue weighted by Crippen LogP contribution is 2.67. The summed E-state index contributed by atoms with van der Waals surface area (Å²) in [5, 5.41) is 0. The van der Waals surface area contributed by atoms with Crippen molar-refractivity contribution in [2.75, 3.05) is 0 Å². The third kappa shape index (κ3) is 4.31. The number of halogens is 22. The predicted octanol–water partition coefficient (Wildman–Crippen LogP) is 7.64. The van der Waals surface area contributed by atoms with Crippen molar-refractivity contribution < 1.29 is 101 Å². The van der Waals surface area contributed by atoms with Crippen LogP contribution in [0.2, 0.25) is 0 Å². The van der Waals surface area contributed by atoms with Crippen LogP contribution in [0.25, 0.3) is 0 Å². The number of hydrogen-bond acceptors (Lipinski definition) is 1. The Morgan fingerprint density at radius 2 is 0.706 bits per heavy atom. The summed E-state index contributed by atoms with van der Waals surface area (Å²) < 4.78 is 283. The largest absolute Gasteiger partial charge is 0.460 e. The van der Waals surface area contributed by atoms with Gasteiger partial charge in [-0.25, -0.2) is 0 Å². The van der Waals surface area contributed by atoms with Crippen LogP contribution < -0.4 is 0 Å². The Labute approximate surface area is 168 Å². The van der Waals surface area contributed by atoms with E-state index in [2.05, 4.69) is 0 Å². The normalized spacial score (nSPS) is 17.5. The highest BCUT2D eigenvalue weighted by Gasteiger charge is 2.99. The van der Waals surface area contributed by atoms with Crippen LogP contribution in [0.5, 0.6) is 0 Å². The number of rotatable bonds is 7. The van der Waals surface area contributed by atoms with Crippen molar-refractivity contribution in [2.45, 2.75) is 53.9 Å². The molecule has 1 atom stereocenters. The van der Waals surface area contributed by atoms with Crippen LogP contribution >= 0.6 is 0 Å². The molecule has 34 heavy (non-hydrogen) atoms. The first-order chi connectivity index (χ1) is 14.3. The lowest BCUT2D eigenvalue weighted by molar-refractivity contribution is -0.520. The Bertz CT molecular complexity index is 774. The van der Waals surface area contributed by atoms with Crippen LogP contribution in [0.3, 0.4) is 0 Å². The lowest BCUT2D eigenvalue weighted by atomic mass is 9.80. The third-order valence-electron chi connectivity index (χ3n) is 3.49. The lowest BCUT2D eigenvalue weighted by Gasteiger charge is -2.49. The van der Waals surface area contributed by atoms with Crippen molar-refractivity contribution in [2.24, 2.45) is 0 Å². The average molecular weight is 566 g/mol. The first kappa shape index (κ1) is 32.2. The van der Waals surface area contributed by atoms with Crippen LogP contribution in [0, 0.1) is 0 Å². The molecular weight excluding hydrogens is 566 g/mol. The van der Waals surface area contributed by atoms with E-state index in [-0.39, 0.29) is 0 Å². The van der Waals surface area contributed by atoms with Crippen molar-refractivity contribution in [3.63, 3.8) is 0 Å². The fraction of sp³-hybridized carbons (Fsp3) is 0.818. The average Bonchev–Trinajstić information content (AvgIpc) is 2.54. The molecule has 0 rings (SSSR count). The molecule has 0 saturated heterocycles. The van der Waals surface area contributed by atoms with Gasteiger partial charge in [0.15, 0.2) is 0 Å². The standard InChI is InChI=1S/C11F22O/c12-1(2(13)14)3(15,16)34-4(9(25,26)27,6(19,20)10(28,29)30)5(17,18)7(21,22)8(23,24)11(31,32)33. The zero-order chi connectivity index (χ0) is 28.4. The number of alkyl halides is 19. The van der Waals surface area contributed by atoms with E-state index >= 15 is 0 Å². The second kappa shape index (κ2) is 8.10. The summed E-state index contributed by atoms with van der Waals surface area (Å²) in [6.45, 7) is 0. The molecule has 0 fully saturated rings. The van der Waals surface area contributed by atoms with Gasteiger partial charge in [0.05, 0.1) is 0 Å². The molecule has 0 aliphatic heterocycles. The Kier molecular flexibility index (Phi) is 7.66. The van der Waals surface area contributed by atoms with Crippen molar-refractivity contribution >= 4 is 0 Å². The molecule has 0 amide bonds. The molecule has 0 aromatic carbocycles. The first-order valence-electron chi connectivity index (χ1n) is 6.82. The second-order valence-corrected chi connectivity index (χ2v) is 5.67. The van der Waals surface area contributed by atoms with E-state index in [4.69, 9.17) is 0 Å². The van der Waals surface area contributed by atoms with Crippen LogP contribution in [0.15, 0.2) is 11.9 Å². The molecule has 0 radical (unpaired) electrons. The third-order valence-corrected chi connectivity index (χ3v) is 3.49. The molecule has 0 aromatic heterocycles. The van der Waals surface area contributed by atoms with Crippen molar-refractivity contribution in [3.8, 4) is 0 Å². The van der Waals surface area contributed by atoms with E-state index in [1.54, 1.807) is 0 Å². The molecule has 204 valence electrons. The van der Waals surface area contributed by atoms with Gasteiger partial charge < -0.3 is 0 Å². The molecule has 0 N–H and O–H groups in total. The van der Waals surface area contributed by atoms with Gasteiger partial charge in [0, 0.05) is 0 Å². The van der Waals surface area contributed by atoms with Gasteiger partial charge in [0.25, 0.3) is 5.83 Å². The van der Waals surface area contributed by atoms with Crippen LogP contribution in [0.1, 0.15) is 0 Å². The van der Waals surface area contributed by atoms with Gasteiger partial charge in [0.2, 0.25) is 0 Å². The maximum atomic E-state index is 13.8.